The molecule has 1 atom stereocenters. The minimum atomic E-state index is -0.346. The summed E-state index contributed by atoms with van der Waals surface area (Å²) >= 11 is 3.30. The second-order valence-electron chi connectivity index (χ2n) is 4.43. The normalized spacial score (nSPS) is 12.4. The van der Waals surface area contributed by atoms with Crippen molar-refractivity contribution in [3.63, 3.8) is 0 Å². The van der Waals surface area contributed by atoms with E-state index in [-0.39, 0.29) is 17.6 Å². The summed E-state index contributed by atoms with van der Waals surface area (Å²) in [6.45, 7) is 2.83. The van der Waals surface area contributed by atoms with Gasteiger partial charge in [-0.25, -0.2) is 4.39 Å². The molecule has 0 spiro atoms. The molecule has 0 amide bonds. The Bertz CT molecular complexity index is 571. The van der Waals surface area contributed by atoms with E-state index in [9.17, 15) is 4.39 Å². The molecule has 108 valence electrons. The number of likely N-dealkylation sites (N-methyl/N-ethyl adjacent to an activating group) is 1. The zero-order valence-corrected chi connectivity index (χ0v) is 13.0. The van der Waals surface area contributed by atoms with Gasteiger partial charge in [0.25, 0.3) is 0 Å². The topological polar surface area (TPSA) is 34.4 Å². The molecule has 0 aliphatic heterocycles. The maximum atomic E-state index is 13.7. The Balaban J connectivity index is 2.17. The second kappa shape index (κ2) is 6.90. The van der Waals surface area contributed by atoms with Gasteiger partial charge in [-0.05, 0) is 58.7 Å². The predicted octanol–water partition coefficient (Wildman–Crippen LogP) is 4.08. The molecule has 1 aromatic heterocycles. The summed E-state index contributed by atoms with van der Waals surface area (Å²) in [6, 6.07) is 8.79. The Labute approximate surface area is 126 Å². The van der Waals surface area contributed by atoms with E-state index in [4.69, 9.17) is 9.15 Å². The van der Waals surface area contributed by atoms with Crippen molar-refractivity contribution in [1.29, 1.82) is 0 Å². The minimum absolute atomic E-state index is 0.0131. The smallest absolute Gasteiger partial charge is 0.169 e. The average Bonchev–Trinajstić information content (AvgIpc) is 2.85. The Hall–Kier alpha value is -1.33. The number of nitrogens with one attached hydrogen (secondary N) is 1. The van der Waals surface area contributed by atoms with Crippen LogP contribution in [0.1, 0.15) is 24.3 Å². The van der Waals surface area contributed by atoms with Gasteiger partial charge >= 0.3 is 0 Å². The highest BCUT2D eigenvalue weighted by molar-refractivity contribution is 9.10. The van der Waals surface area contributed by atoms with Crippen LogP contribution in [0.3, 0.4) is 0 Å². The van der Waals surface area contributed by atoms with E-state index in [2.05, 4.69) is 21.2 Å². The van der Waals surface area contributed by atoms with Crippen molar-refractivity contribution in [3.05, 3.63) is 52.1 Å². The van der Waals surface area contributed by atoms with Gasteiger partial charge in [-0.15, -0.1) is 0 Å². The first-order valence-corrected chi connectivity index (χ1v) is 7.24. The van der Waals surface area contributed by atoms with Gasteiger partial charge in [0.05, 0.1) is 13.2 Å². The zero-order valence-electron chi connectivity index (χ0n) is 11.5. The standard InChI is InChI=1S/C15H17BrFNO2/c1-3-18-12(14-6-7-15(16)20-14)9-10-4-5-13(19-2)11(17)8-10/h4-8,12,18H,3,9H2,1-2H3. The predicted molar refractivity (Wildman–Crippen MR) is 79.5 cm³/mol. The van der Waals surface area contributed by atoms with Crippen LogP contribution in [0.4, 0.5) is 4.39 Å². The fraction of sp³-hybridized carbons (Fsp3) is 0.333. The van der Waals surface area contributed by atoms with E-state index in [0.29, 0.717) is 11.1 Å². The molecule has 20 heavy (non-hydrogen) atoms. The molecular formula is C15H17BrFNO2. The molecule has 5 heteroatoms. The molecular weight excluding hydrogens is 325 g/mol. The van der Waals surface area contributed by atoms with Crippen molar-refractivity contribution in [2.24, 2.45) is 0 Å². The van der Waals surface area contributed by atoms with E-state index >= 15 is 0 Å². The molecule has 0 saturated heterocycles. The second-order valence-corrected chi connectivity index (χ2v) is 5.21. The van der Waals surface area contributed by atoms with Crippen LogP contribution in [0.2, 0.25) is 0 Å². The number of furan rings is 1. The number of benzene rings is 1. The molecule has 0 fully saturated rings. The number of rotatable bonds is 6. The number of ether oxygens (including phenoxy) is 1. The first kappa shape index (κ1) is 15.1. The summed E-state index contributed by atoms with van der Waals surface area (Å²) in [5.74, 6) is 0.741. The van der Waals surface area contributed by atoms with Crippen molar-refractivity contribution in [2.75, 3.05) is 13.7 Å². The summed E-state index contributed by atoms with van der Waals surface area (Å²) in [4.78, 5) is 0. The summed E-state index contributed by atoms with van der Waals surface area (Å²) < 4.78 is 24.9. The van der Waals surface area contributed by atoms with Crippen molar-refractivity contribution in [3.8, 4) is 5.75 Å². The van der Waals surface area contributed by atoms with Gasteiger partial charge in [-0.2, -0.15) is 0 Å². The van der Waals surface area contributed by atoms with Gasteiger partial charge in [0.2, 0.25) is 0 Å². The Kier molecular flexibility index (Phi) is 5.20. The first-order chi connectivity index (χ1) is 9.63. The highest BCUT2D eigenvalue weighted by Gasteiger charge is 2.16. The fourth-order valence-corrected chi connectivity index (χ4v) is 2.43. The summed E-state index contributed by atoms with van der Waals surface area (Å²) in [6.07, 6.45) is 0.648. The number of hydrogen-bond acceptors (Lipinski definition) is 3. The third-order valence-corrected chi connectivity index (χ3v) is 3.47. The SMILES string of the molecule is CCNC(Cc1ccc(OC)c(F)c1)c1ccc(Br)o1. The molecule has 2 rings (SSSR count). The van der Waals surface area contributed by atoms with Crippen molar-refractivity contribution in [1.82, 2.24) is 5.32 Å². The van der Waals surface area contributed by atoms with E-state index in [1.165, 1.54) is 13.2 Å². The van der Waals surface area contributed by atoms with Crippen LogP contribution >= 0.6 is 15.9 Å². The monoisotopic (exact) mass is 341 g/mol. The van der Waals surface area contributed by atoms with Crippen LogP contribution in [0.25, 0.3) is 0 Å². The van der Waals surface area contributed by atoms with Gasteiger partial charge in [-0.1, -0.05) is 13.0 Å². The van der Waals surface area contributed by atoms with Crippen molar-refractivity contribution < 1.29 is 13.5 Å². The Morgan fingerprint density at radius 3 is 2.70 bits per heavy atom. The third kappa shape index (κ3) is 3.61. The molecule has 1 aromatic carbocycles. The lowest BCUT2D eigenvalue weighted by atomic mass is 10.0. The molecule has 1 N–H and O–H groups in total. The van der Waals surface area contributed by atoms with Crippen LogP contribution in [-0.4, -0.2) is 13.7 Å². The largest absolute Gasteiger partial charge is 0.494 e. The van der Waals surface area contributed by atoms with E-state index in [0.717, 1.165) is 17.9 Å². The molecule has 1 heterocycles. The minimum Gasteiger partial charge on any atom is -0.494 e. The maximum absolute atomic E-state index is 13.7. The lowest BCUT2D eigenvalue weighted by Crippen LogP contribution is -2.22. The summed E-state index contributed by atoms with van der Waals surface area (Å²) in [5.41, 5.74) is 0.891. The number of hydrogen-bond donors (Lipinski definition) is 1. The van der Waals surface area contributed by atoms with Gasteiger partial charge < -0.3 is 14.5 Å². The molecule has 0 aliphatic carbocycles. The van der Waals surface area contributed by atoms with Crippen LogP contribution in [0.5, 0.6) is 5.75 Å². The third-order valence-electron chi connectivity index (χ3n) is 3.04. The Morgan fingerprint density at radius 2 is 2.15 bits per heavy atom. The van der Waals surface area contributed by atoms with E-state index in [1.54, 1.807) is 6.07 Å². The highest BCUT2D eigenvalue weighted by atomic mass is 79.9. The quantitative estimate of drug-likeness (QED) is 0.859. The molecule has 1 unspecified atom stereocenters. The highest BCUT2D eigenvalue weighted by Crippen LogP contribution is 2.25. The van der Waals surface area contributed by atoms with Crippen molar-refractivity contribution in [2.45, 2.75) is 19.4 Å². The number of methoxy groups -OCH3 is 1. The van der Waals surface area contributed by atoms with Crippen LogP contribution in [0.15, 0.2) is 39.4 Å². The van der Waals surface area contributed by atoms with Crippen LogP contribution < -0.4 is 10.1 Å². The lowest BCUT2D eigenvalue weighted by molar-refractivity contribution is 0.384. The van der Waals surface area contributed by atoms with Gasteiger partial charge in [0.15, 0.2) is 16.2 Å². The molecule has 0 bridgehead atoms. The van der Waals surface area contributed by atoms with Crippen LogP contribution in [-0.2, 0) is 6.42 Å². The molecule has 3 nitrogen and oxygen atoms in total. The fourth-order valence-electron chi connectivity index (χ4n) is 2.11. The van der Waals surface area contributed by atoms with Gasteiger partial charge in [0, 0.05) is 0 Å². The van der Waals surface area contributed by atoms with Gasteiger partial charge in [0.1, 0.15) is 5.76 Å². The summed E-state index contributed by atoms with van der Waals surface area (Å²) in [5, 5.41) is 3.34. The first-order valence-electron chi connectivity index (χ1n) is 6.45. The van der Waals surface area contributed by atoms with E-state index in [1.807, 2.05) is 25.1 Å². The van der Waals surface area contributed by atoms with Gasteiger partial charge in [-0.3, -0.25) is 0 Å². The lowest BCUT2D eigenvalue weighted by Gasteiger charge is -2.16. The van der Waals surface area contributed by atoms with Crippen LogP contribution in [0, 0.1) is 5.82 Å². The summed E-state index contributed by atoms with van der Waals surface area (Å²) in [7, 11) is 1.46. The average molecular weight is 342 g/mol. The molecule has 2 aromatic rings. The number of halogens is 2. The molecule has 0 aliphatic rings. The van der Waals surface area contributed by atoms with Crippen molar-refractivity contribution >= 4 is 15.9 Å². The Morgan fingerprint density at radius 1 is 1.35 bits per heavy atom. The maximum Gasteiger partial charge on any atom is 0.169 e. The zero-order chi connectivity index (χ0) is 14.5. The van der Waals surface area contributed by atoms with E-state index < -0.39 is 0 Å². The molecule has 0 saturated carbocycles. The molecule has 0 radical (unpaired) electrons.